The molecule has 0 amide bonds. The summed E-state index contributed by atoms with van der Waals surface area (Å²) >= 11 is 11.2. The van der Waals surface area contributed by atoms with Crippen LogP contribution in [-0.2, 0) is 11.3 Å². The normalized spacial score (nSPS) is 11.2. The number of hydrogen-bond acceptors (Lipinski definition) is 6. The number of hydrogen-bond donors (Lipinski definition) is 2. The molecule has 0 saturated carbocycles. The monoisotopic (exact) mass is 440 g/mol. The first-order valence-electron chi connectivity index (χ1n) is 7.30. The highest BCUT2D eigenvalue weighted by Crippen LogP contribution is 2.34. The molecular formula is C16H14BrClN4O2S. The first-order valence-corrected chi connectivity index (χ1v) is 9.28. The fourth-order valence-corrected chi connectivity index (χ4v) is 3.89. The number of benzene rings is 1. The standard InChI is InChI=1S/C16H14BrClN4O2S/c1-22(8-13(23)24)7-12-21-15-11(25-12)5-6-19-16(15)20-10-4-2-3-9(17)14(10)18/h2-6H,7-8H2,1H3,(H,19,20)(H,23,24). The maximum absolute atomic E-state index is 10.8. The number of pyridine rings is 1. The molecule has 3 rings (SSSR count). The third-order valence-corrected chi connectivity index (χ3v) is 5.67. The van der Waals surface area contributed by atoms with Crippen LogP contribution in [0, 0.1) is 0 Å². The summed E-state index contributed by atoms with van der Waals surface area (Å²) in [6.45, 7) is 0.426. The largest absolute Gasteiger partial charge is 0.480 e. The zero-order chi connectivity index (χ0) is 18.0. The fourth-order valence-electron chi connectivity index (χ4n) is 2.31. The van der Waals surface area contributed by atoms with Crippen molar-refractivity contribution in [2.45, 2.75) is 6.54 Å². The van der Waals surface area contributed by atoms with Crippen LogP contribution in [0.25, 0.3) is 10.2 Å². The van der Waals surface area contributed by atoms with Crippen LogP contribution < -0.4 is 5.32 Å². The van der Waals surface area contributed by atoms with Crippen LogP contribution in [0.5, 0.6) is 0 Å². The van der Waals surface area contributed by atoms with Gasteiger partial charge in [0.25, 0.3) is 0 Å². The van der Waals surface area contributed by atoms with Crippen molar-refractivity contribution in [3.63, 3.8) is 0 Å². The summed E-state index contributed by atoms with van der Waals surface area (Å²) in [4.78, 5) is 21.5. The molecule has 0 fully saturated rings. The maximum Gasteiger partial charge on any atom is 0.317 e. The minimum absolute atomic E-state index is 0.0348. The second kappa shape index (κ2) is 7.65. The lowest BCUT2D eigenvalue weighted by molar-refractivity contribution is -0.138. The van der Waals surface area contributed by atoms with Crippen LogP contribution in [0.4, 0.5) is 11.5 Å². The summed E-state index contributed by atoms with van der Waals surface area (Å²) in [5.74, 6) is -0.252. The molecule has 0 radical (unpaired) electrons. The van der Waals surface area contributed by atoms with Gasteiger partial charge >= 0.3 is 5.97 Å². The van der Waals surface area contributed by atoms with Gasteiger partial charge in [0.05, 0.1) is 28.5 Å². The zero-order valence-corrected chi connectivity index (χ0v) is 16.3. The van der Waals surface area contributed by atoms with Crippen LogP contribution in [-0.4, -0.2) is 39.5 Å². The van der Waals surface area contributed by atoms with E-state index in [1.54, 1.807) is 18.1 Å². The highest BCUT2D eigenvalue weighted by molar-refractivity contribution is 9.10. The number of likely N-dealkylation sites (N-methyl/N-ethyl adjacent to an activating group) is 1. The number of nitrogens with zero attached hydrogens (tertiary/aromatic N) is 3. The Morgan fingerprint density at radius 3 is 3.00 bits per heavy atom. The van der Waals surface area contributed by atoms with Crippen molar-refractivity contribution in [3.8, 4) is 0 Å². The first-order chi connectivity index (χ1) is 11.9. The molecule has 2 heterocycles. The SMILES string of the molecule is CN(CC(=O)O)Cc1nc2c(Nc3cccc(Br)c3Cl)nccc2s1. The molecule has 6 nitrogen and oxygen atoms in total. The third kappa shape index (κ3) is 4.27. The Labute approximate surface area is 161 Å². The Hall–Kier alpha value is -1.74. The smallest absolute Gasteiger partial charge is 0.317 e. The Balaban J connectivity index is 1.89. The van der Waals surface area contributed by atoms with Crippen molar-refractivity contribution in [3.05, 3.63) is 45.0 Å². The van der Waals surface area contributed by atoms with E-state index >= 15 is 0 Å². The summed E-state index contributed by atoms with van der Waals surface area (Å²) < 4.78 is 1.77. The number of thiazole rings is 1. The number of fused-ring (bicyclic) bond motifs is 1. The van der Waals surface area contributed by atoms with Gasteiger partial charge in [0.2, 0.25) is 0 Å². The van der Waals surface area contributed by atoms with E-state index in [4.69, 9.17) is 16.7 Å². The molecular weight excluding hydrogens is 428 g/mol. The van der Waals surface area contributed by atoms with E-state index in [0.29, 0.717) is 17.4 Å². The summed E-state index contributed by atoms with van der Waals surface area (Å²) in [6, 6.07) is 7.50. The lowest BCUT2D eigenvalue weighted by Gasteiger charge is -2.11. The molecule has 130 valence electrons. The second-order valence-corrected chi connectivity index (χ2v) is 7.75. The van der Waals surface area contributed by atoms with Crippen LogP contribution >= 0.6 is 38.9 Å². The number of carbonyl (C=O) groups is 1. The van der Waals surface area contributed by atoms with Crippen molar-refractivity contribution < 1.29 is 9.90 Å². The van der Waals surface area contributed by atoms with Crippen molar-refractivity contribution in [2.24, 2.45) is 0 Å². The Kier molecular flexibility index (Phi) is 5.53. The highest BCUT2D eigenvalue weighted by Gasteiger charge is 2.13. The van der Waals surface area contributed by atoms with Gasteiger partial charge in [0, 0.05) is 10.7 Å². The quantitative estimate of drug-likeness (QED) is 0.591. The van der Waals surface area contributed by atoms with Gasteiger partial charge < -0.3 is 10.4 Å². The van der Waals surface area contributed by atoms with E-state index in [2.05, 4.69) is 31.2 Å². The van der Waals surface area contributed by atoms with Gasteiger partial charge in [-0.3, -0.25) is 9.69 Å². The van der Waals surface area contributed by atoms with E-state index in [1.165, 1.54) is 11.3 Å². The Morgan fingerprint density at radius 1 is 1.44 bits per heavy atom. The topological polar surface area (TPSA) is 78.4 Å². The number of aromatic nitrogens is 2. The van der Waals surface area contributed by atoms with Gasteiger partial charge in [-0.05, 0) is 41.2 Å². The summed E-state index contributed by atoms with van der Waals surface area (Å²) in [6.07, 6.45) is 1.71. The molecule has 2 aromatic heterocycles. The lowest BCUT2D eigenvalue weighted by Crippen LogP contribution is -2.24. The molecule has 0 aliphatic heterocycles. The number of rotatable bonds is 6. The van der Waals surface area contributed by atoms with E-state index in [1.807, 2.05) is 24.3 Å². The van der Waals surface area contributed by atoms with Crippen LogP contribution in [0.3, 0.4) is 0 Å². The molecule has 0 atom stereocenters. The molecule has 2 N–H and O–H groups in total. The van der Waals surface area contributed by atoms with Gasteiger partial charge in [-0.25, -0.2) is 9.97 Å². The maximum atomic E-state index is 10.8. The predicted molar refractivity (Wildman–Crippen MR) is 104 cm³/mol. The molecule has 0 saturated heterocycles. The van der Waals surface area contributed by atoms with Gasteiger partial charge in [0.15, 0.2) is 5.82 Å². The van der Waals surface area contributed by atoms with Crippen molar-refractivity contribution >= 4 is 66.6 Å². The average molecular weight is 442 g/mol. The lowest BCUT2D eigenvalue weighted by atomic mass is 10.3. The van der Waals surface area contributed by atoms with Crippen LogP contribution in [0.1, 0.15) is 5.01 Å². The predicted octanol–water partition coefficient (Wildman–Crippen LogP) is 4.37. The van der Waals surface area contributed by atoms with Crippen LogP contribution in [0.15, 0.2) is 34.9 Å². The average Bonchev–Trinajstić information content (AvgIpc) is 2.94. The van der Waals surface area contributed by atoms with Crippen molar-refractivity contribution in [1.82, 2.24) is 14.9 Å². The molecule has 0 aliphatic carbocycles. The number of carboxylic acids is 1. The van der Waals surface area contributed by atoms with Crippen molar-refractivity contribution in [2.75, 3.05) is 18.9 Å². The van der Waals surface area contributed by atoms with E-state index < -0.39 is 5.97 Å². The number of nitrogens with one attached hydrogen (secondary N) is 1. The van der Waals surface area contributed by atoms with E-state index in [9.17, 15) is 4.79 Å². The van der Waals surface area contributed by atoms with Gasteiger partial charge in [-0.2, -0.15) is 0 Å². The van der Waals surface area contributed by atoms with E-state index in [0.717, 1.165) is 25.4 Å². The van der Waals surface area contributed by atoms with Crippen LogP contribution in [0.2, 0.25) is 5.02 Å². The molecule has 0 aliphatic rings. The molecule has 1 aromatic carbocycles. The summed E-state index contributed by atoms with van der Waals surface area (Å²) in [5, 5.41) is 13.5. The minimum atomic E-state index is -0.864. The van der Waals surface area contributed by atoms with Gasteiger partial charge in [0.1, 0.15) is 10.5 Å². The van der Waals surface area contributed by atoms with Gasteiger partial charge in [-0.1, -0.05) is 17.7 Å². The number of aliphatic carboxylic acids is 1. The number of halogens is 2. The minimum Gasteiger partial charge on any atom is -0.480 e. The first kappa shape index (κ1) is 18.1. The van der Waals surface area contributed by atoms with Gasteiger partial charge in [-0.15, -0.1) is 11.3 Å². The molecule has 0 spiro atoms. The molecule has 0 bridgehead atoms. The van der Waals surface area contributed by atoms with E-state index in [-0.39, 0.29) is 6.54 Å². The third-order valence-electron chi connectivity index (χ3n) is 3.37. The fraction of sp³-hybridized carbons (Fsp3) is 0.188. The summed E-state index contributed by atoms with van der Waals surface area (Å²) in [7, 11) is 1.75. The summed E-state index contributed by atoms with van der Waals surface area (Å²) in [5.41, 5.74) is 1.47. The second-order valence-electron chi connectivity index (χ2n) is 5.41. The molecule has 9 heteroatoms. The molecule has 0 unspecified atom stereocenters. The highest BCUT2D eigenvalue weighted by atomic mass is 79.9. The Bertz CT molecular complexity index is 934. The molecule has 3 aromatic rings. The number of anilines is 2. The van der Waals surface area contributed by atoms with Crippen molar-refractivity contribution in [1.29, 1.82) is 0 Å². The Morgan fingerprint density at radius 2 is 2.24 bits per heavy atom. The number of carboxylic acid groups (broad SMARTS) is 1. The molecule has 25 heavy (non-hydrogen) atoms. The zero-order valence-electron chi connectivity index (χ0n) is 13.2.